The Bertz CT molecular complexity index is 34.7. The van der Waals surface area contributed by atoms with Crippen molar-refractivity contribution in [1.82, 2.24) is 0 Å². The summed E-state index contributed by atoms with van der Waals surface area (Å²) >= 11 is 7.92. The molecule has 0 aromatic rings. The monoisotopic (exact) mass is 148 g/mol. The molecule has 4 heteroatoms. The quantitative estimate of drug-likeness (QED) is 0.367. The van der Waals surface area contributed by atoms with Crippen LogP contribution < -0.4 is 0 Å². The number of halogens is 4. The van der Waals surface area contributed by atoms with Crippen LogP contribution in [-0.4, -0.2) is 4.84 Å². The van der Waals surface area contributed by atoms with E-state index in [0.29, 0.717) is 0 Å². The van der Waals surface area contributed by atoms with Gasteiger partial charge in [-0.2, -0.15) is 8.78 Å². The zero-order valence-corrected chi connectivity index (χ0v) is 4.94. The second-order valence-electron chi connectivity index (χ2n) is 0.429. The van der Waals surface area contributed by atoms with Gasteiger partial charge in [0.2, 0.25) is 0 Å². The molecule has 0 atom stereocenters. The van der Waals surface area contributed by atoms with E-state index in [0.717, 1.165) is 0 Å². The van der Waals surface area contributed by atoms with Crippen molar-refractivity contribution in [3.8, 4) is 0 Å². The predicted octanol–water partition coefficient (Wildman–Crippen LogP) is 2.82. The van der Waals surface area contributed by atoms with Gasteiger partial charge in [-0.3, -0.25) is 0 Å². The Hall–Kier alpha value is 0.180. The van der Waals surface area contributed by atoms with Crippen LogP contribution in [0.5, 0.6) is 0 Å². The lowest BCUT2D eigenvalue weighted by molar-refractivity contribution is 0.194. The SMILES string of the molecule is C=C.FC(F)(Cl)Cl. The molecular formula is C3H4Cl2F2. The maximum Gasteiger partial charge on any atom is 0.401 e. The molecule has 0 fully saturated rings. The predicted molar refractivity (Wildman–Crippen MR) is 27.9 cm³/mol. The summed E-state index contributed by atoms with van der Waals surface area (Å²) in [5, 5.41) is 0. The summed E-state index contributed by atoms with van der Waals surface area (Å²) < 4.78 is 21.1. The Morgan fingerprint density at radius 1 is 1.14 bits per heavy atom. The molecule has 0 aliphatic heterocycles. The Kier molecular flexibility index (Phi) is 6.34. The van der Waals surface area contributed by atoms with Gasteiger partial charge in [0.25, 0.3) is 0 Å². The van der Waals surface area contributed by atoms with Crippen molar-refractivity contribution >= 4 is 23.2 Å². The highest BCUT2D eigenvalue weighted by Gasteiger charge is 2.17. The van der Waals surface area contributed by atoms with Crippen LogP contribution in [0.1, 0.15) is 0 Å². The molecule has 44 valence electrons. The van der Waals surface area contributed by atoms with E-state index >= 15 is 0 Å². The van der Waals surface area contributed by atoms with Gasteiger partial charge in [0.05, 0.1) is 0 Å². The van der Waals surface area contributed by atoms with E-state index in [2.05, 4.69) is 36.4 Å². The van der Waals surface area contributed by atoms with E-state index in [1.165, 1.54) is 0 Å². The molecule has 0 N–H and O–H groups in total. The Balaban J connectivity index is 0. The smallest absolute Gasteiger partial charge is 0.172 e. The van der Waals surface area contributed by atoms with Crippen LogP contribution in [0.25, 0.3) is 0 Å². The summed E-state index contributed by atoms with van der Waals surface area (Å²) in [4.78, 5) is -3.56. The lowest BCUT2D eigenvalue weighted by Gasteiger charge is -1.87. The number of alkyl halides is 4. The van der Waals surface area contributed by atoms with E-state index in [9.17, 15) is 8.78 Å². The maximum atomic E-state index is 10.6. The topological polar surface area (TPSA) is 0 Å². The van der Waals surface area contributed by atoms with E-state index in [1.807, 2.05) is 0 Å². The van der Waals surface area contributed by atoms with Gasteiger partial charge in [0.1, 0.15) is 0 Å². The Morgan fingerprint density at radius 3 is 1.14 bits per heavy atom. The number of hydrogen-bond donors (Lipinski definition) is 0. The van der Waals surface area contributed by atoms with Gasteiger partial charge in [-0.15, -0.1) is 13.2 Å². The summed E-state index contributed by atoms with van der Waals surface area (Å²) in [5.41, 5.74) is 0. The van der Waals surface area contributed by atoms with Crippen LogP contribution in [0.3, 0.4) is 0 Å². The molecule has 0 aliphatic rings. The highest BCUT2D eigenvalue weighted by atomic mass is 35.5. The van der Waals surface area contributed by atoms with Crippen molar-refractivity contribution in [2.75, 3.05) is 0 Å². The standard InChI is InChI=1S/C2H4.CCl2F2/c1-2;2-1(3,4)5/h1-2H2;. The fraction of sp³-hybridized carbons (Fsp3) is 0.333. The first-order valence-corrected chi connectivity index (χ1v) is 2.01. The fourth-order valence-electron chi connectivity index (χ4n) is 0. The average molecular weight is 149 g/mol. The van der Waals surface area contributed by atoms with E-state index < -0.39 is 4.84 Å². The minimum Gasteiger partial charge on any atom is -0.172 e. The molecule has 0 bridgehead atoms. The lowest BCUT2D eigenvalue weighted by atomic mass is 11.3. The first-order valence-electron chi connectivity index (χ1n) is 1.26. The Morgan fingerprint density at radius 2 is 1.14 bits per heavy atom. The van der Waals surface area contributed by atoms with Crippen LogP contribution in [-0.2, 0) is 0 Å². The van der Waals surface area contributed by atoms with Gasteiger partial charge in [-0.05, 0) is 23.2 Å². The van der Waals surface area contributed by atoms with Crippen molar-refractivity contribution in [1.29, 1.82) is 0 Å². The Labute approximate surface area is 50.7 Å². The third-order valence-electron chi connectivity index (χ3n) is 0. The molecule has 0 saturated carbocycles. The molecule has 0 heterocycles. The highest BCUT2D eigenvalue weighted by molar-refractivity contribution is 6.45. The molecule has 0 aromatic heterocycles. The minimum atomic E-state index is -3.56. The van der Waals surface area contributed by atoms with Crippen molar-refractivity contribution in [3.63, 3.8) is 0 Å². The van der Waals surface area contributed by atoms with Crippen LogP contribution >= 0.6 is 23.2 Å². The summed E-state index contributed by atoms with van der Waals surface area (Å²) in [5.74, 6) is 0. The molecule has 0 rings (SSSR count). The number of hydrogen-bond acceptors (Lipinski definition) is 0. The first-order chi connectivity index (χ1) is 3.00. The molecule has 0 nitrogen and oxygen atoms in total. The minimum absolute atomic E-state index is 3.00. The molecule has 0 unspecified atom stereocenters. The van der Waals surface area contributed by atoms with Crippen LogP contribution in [0.15, 0.2) is 13.2 Å². The zero-order chi connectivity index (χ0) is 6.50. The van der Waals surface area contributed by atoms with Crippen molar-refractivity contribution in [2.24, 2.45) is 0 Å². The van der Waals surface area contributed by atoms with Crippen molar-refractivity contribution < 1.29 is 8.78 Å². The molecule has 0 saturated heterocycles. The van der Waals surface area contributed by atoms with Crippen LogP contribution in [0.2, 0.25) is 0 Å². The summed E-state index contributed by atoms with van der Waals surface area (Å²) in [6.07, 6.45) is 0. The van der Waals surface area contributed by atoms with Gasteiger partial charge in [-0.1, -0.05) is 0 Å². The van der Waals surface area contributed by atoms with E-state index in [1.54, 1.807) is 0 Å². The number of rotatable bonds is 0. The van der Waals surface area contributed by atoms with Gasteiger partial charge in [-0.25, -0.2) is 0 Å². The molecule has 0 amide bonds. The molecule has 7 heavy (non-hydrogen) atoms. The third-order valence-corrected chi connectivity index (χ3v) is 0. The third kappa shape index (κ3) is 3330. The van der Waals surface area contributed by atoms with Gasteiger partial charge >= 0.3 is 4.84 Å². The maximum absolute atomic E-state index is 10.6. The fourth-order valence-corrected chi connectivity index (χ4v) is 0. The summed E-state index contributed by atoms with van der Waals surface area (Å²) in [6.45, 7) is 6.00. The van der Waals surface area contributed by atoms with Gasteiger partial charge < -0.3 is 0 Å². The zero-order valence-electron chi connectivity index (χ0n) is 3.43. The first kappa shape index (κ1) is 10.2. The summed E-state index contributed by atoms with van der Waals surface area (Å²) in [7, 11) is 0. The second-order valence-corrected chi connectivity index (χ2v) is 1.57. The average Bonchev–Trinajstić information content (AvgIpc) is 1.36. The van der Waals surface area contributed by atoms with Crippen molar-refractivity contribution in [3.05, 3.63) is 13.2 Å². The lowest BCUT2D eigenvalue weighted by Crippen LogP contribution is -1.86. The molecule has 0 spiro atoms. The van der Waals surface area contributed by atoms with Gasteiger partial charge in [0.15, 0.2) is 0 Å². The van der Waals surface area contributed by atoms with Crippen molar-refractivity contribution in [2.45, 2.75) is 4.84 Å². The van der Waals surface area contributed by atoms with Crippen LogP contribution in [0.4, 0.5) is 8.78 Å². The molecule has 0 aliphatic carbocycles. The highest BCUT2D eigenvalue weighted by Crippen LogP contribution is 2.22. The second kappa shape index (κ2) is 4.34. The van der Waals surface area contributed by atoms with E-state index in [4.69, 9.17) is 0 Å². The molecular weight excluding hydrogens is 145 g/mol. The largest absolute Gasteiger partial charge is 0.401 e. The van der Waals surface area contributed by atoms with Gasteiger partial charge in [0, 0.05) is 0 Å². The molecule has 0 aromatic carbocycles. The normalized spacial score (nSPS) is 9.14. The molecule has 0 radical (unpaired) electrons. The summed E-state index contributed by atoms with van der Waals surface area (Å²) in [6, 6.07) is 0. The van der Waals surface area contributed by atoms with E-state index in [-0.39, 0.29) is 0 Å². The van der Waals surface area contributed by atoms with Crippen LogP contribution in [0, 0.1) is 0 Å².